The van der Waals surface area contributed by atoms with Gasteiger partial charge in [0, 0.05) is 24.8 Å². The largest absolute Gasteiger partial charge is 0.353 e. The number of pyridine rings is 2. The number of fused-ring (bicyclic) bond motifs is 9. The molecular weight excluding hydrogens is 312 g/mol. The van der Waals surface area contributed by atoms with Gasteiger partial charge in [-0.05, 0) is 24.3 Å². The van der Waals surface area contributed by atoms with Crippen LogP contribution in [0.2, 0.25) is 0 Å². The van der Waals surface area contributed by atoms with Crippen LogP contribution in [0.15, 0.2) is 61.2 Å². The molecule has 5 rings (SSSR count). The summed E-state index contributed by atoms with van der Waals surface area (Å²) in [4.78, 5) is 18.7. The Morgan fingerprint density at radius 1 is 0.600 bits per heavy atom. The van der Waals surface area contributed by atoms with Crippen LogP contribution >= 0.6 is 0 Å². The molecular formula is C19H20N6. The molecule has 6 heteroatoms. The monoisotopic (exact) mass is 332 g/mol. The first-order valence-corrected chi connectivity index (χ1v) is 8.58. The summed E-state index contributed by atoms with van der Waals surface area (Å²) < 4.78 is 0. The predicted octanol–water partition coefficient (Wildman–Crippen LogP) is 2.29. The maximum absolute atomic E-state index is 4.84. The summed E-state index contributed by atoms with van der Waals surface area (Å²) in [5.74, 6) is 0.993. The molecule has 0 radical (unpaired) electrons. The van der Waals surface area contributed by atoms with Gasteiger partial charge in [-0.15, -0.1) is 0 Å². The number of hydrogen-bond acceptors (Lipinski definition) is 6. The first-order valence-electron chi connectivity index (χ1n) is 8.58. The van der Waals surface area contributed by atoms with E-state index in [-0.39, 0.29) is 0 Å². The van der Waals surface area contributed by atoms with Crippen LogP contribution in [0.3, 0.4) is 0 Å². The zero-order valence-electron chi connectivity index (χ0n) is 14.0. The molecule has 5 heterocycles. The van der Waals surface area contributed by atoms with Crippen molar-refractivity contribution in [1.29, 1.82) is 0 Å². The summed E-state index contributed by atoms with van der Waals surface area (Å²) in [7, 11) is 0. The Labute approximate surface area is 147 Å². The van der Waals surface area contributed by atoms with E-state index in [0.29, 0.717) is 0 Å². The van der Waals surface area contributed by atoms with Crippen molar-refractivity contribution in [3.05, 3.63) is 78.3 Å². The van der Waals surface area contributed by atoms with Crippen LogP contribution in [0, 0.1) is 0 Å². The highest BCUT2D eigenvalue weighted by molar-refractivity contribution is 5.44. The fraction of sp³-hybridized carbons (Fsp3) is 0.263. The molecule has 3 aliphatic rings. The SMILES string of the molecule is C1=CN2Cc3cccc(n3)N3C=CN(Cc4cccc(n4)CN1C2)C3. The van der Waals surface area contributed by atoms with Crippen LogP contribution < -0.4 is 4.90 Å². The standard InChI is InChI=1S/C19H20N6/c1-3-16-11-22-7-8-23(14-22)13-18-5-2-6-19(21-18)25-10-9-24(15-25)12-17(4-1)20-16/h1-10H,11-15H2. The van der Waals surface area contributed by atoms with Crippen molar-refractivity contribution in [3.63, 3.8) is 0 Å². The summed E-state index contributed by atoms with van der Waals surface area (Å²) in [5.41, 5.74) is 3.29. The van der Waals surface area contributed by atoms with Gasteiger partial charge in [0.05, 0.1) is 50.1 Å². The van der Waals surface area contributed by atoms with Gasteiger partial charge >= 0.3 is 0 Å². The topological polar surface area (TPSA) is 38.7 Å². The fourth-order valence-electron chi connectivity index (χ4n) is 3.48. The predicted molar refractivity (Wildman–Crippen MR) is 95.6 cm³/mol. The Bertz CT molecular complexity index is 845. The van der Waals surface area contributed by atoms with E-state index in [2.05, 4.69) is 80.8 Å². The normalized spacial score (nSPS) is 18.6. The van der Waals surface area contributed by atoms with Crippen LogP contribution in [-0.4, -0.2) is 38.0 Å². The molecule has 2 aromatic heterocycles. The Balaban J connectivity index is 1.50. The van der Waals surface area contributed by atoms with Crippen molar-refractivity contribution in [3.8, 4) is 0 Å². The summed E-state index contributed by atoms with van der Waals surface area (Å²) in [5, 5.41) is 0. The molecule has 0 amide bonds. The van der Waals surface area contributed by atoms with E-state index in [1.54, 1.807) is 0 Å². The number of nitrogens with zero attached hydrogens (tertiary/aromatic N) is 6. The van der Waals surface area contributed by atoms with Gasteiger partial charge in [-0.3, -0.25) is 4.98 Å². The molecule has 0 N–H and O–H groups in total. The average molecular weight is 332 g/mol. The third-order valence-electron chi connectivity index (χ3n) is 4.69. The molecule has 0 saturated heterocycles. The van der Waals surface area contributed by atoms with E-state index < -0.39 is 0 Å². The van der Waals surface area contributed by atoms with Crippen LogP contribution in [0.4, 0.5) is 5.82 Å². The fourth-order valence-corrected chi connectivity index (χ4v) is 3.48. The minimum atomic E-state index is 0.804. The average Bonchev–Trinajstić information content (AvgIpc) is 3.25. The van der Waals surface area contributed by atoms with Crippen molar-refractivity contribution in [2.24, 2.45) is 0 Å². The highest BCUT2D eigenvalue weighted by Gasteiger charge is 2.19. The van der Waals surface area contributed by atoms with Gasteiger partial charge in [-0.25, -0.2) is 4.98 Å². The third-order valence-corrected chi connectivity index (χ3v) is 4.69. The van der Waals surface area contributed by atoms with E-state index in [1.807, 2.05) is 0 Å². The molecule has 126 valence electrons. The van der Waals surface area contributed by atoms with Crippen LogP contribution in [-0.2, 0) is 19.6 Å². The van der Waals surface area contributed by atoms with E-state index in [1.165, 1.54) is 0 Å². The molecule has 2 aromatic rings. The lowest BCUT2D eigenvalue weighted by molar-refractivity contribution is 0.251. The lowest BCUT2D eigenvalue weighted by Crippen LogP contribution is -2.26. The maximum atomic E-state index is 4.84. The van der Waals surface area contributed by atoms with E-state index in [4.69, 9.17) is 9.97 Å². The zero-order chi connectivity index (χ0) is 16.6. The third kappa shape index (κ3) is 2.91. The first kappa shape index (κ1) is 14.3. The summed E-state index contributed by atoms with van der Waals surface area (Å²) >= 11 is 0. The molecule has 25 heavy (non-hydrogen) atoms. The Morgan fingerprint density at radius 2 is 1.16 bits per heavy atom. The minimum Gasteiger partial charge on any atom is -0.353 e. The highest BCUT2D eigenvalue weighted by atomic mass is 15.4. The van der Waals surface area contributed by atoms with Gasteiger partial charge in [0.1, 0.15) is 5.82 Å². The summed E-state index contributed by atoms with van der Waals surface area (Å²) in [6.45, 7) is 4.13. The van der Waals surface area contributed by atoms with Crippen molar-refractivity contribution in [1.82, 2.24) is 24.7 Å². The second-order valence-electron chi connectivity index (χ2n) is 6.70. The van der Waals surface area contributed by atoms with E-state index >= 15 is 0 Å². The molecule has 0 aromatic carbocycles. The minimum absolute atomic E-state index is 0.804. The molecule has 0 atom stereocenters. The van der Waals surface area contributed by atoms with Crippen molar-refractivity contribution in [2.75, 3.05) is 18.2 Å². The first-order chi connectivity index (χ1) is 12.3. The van der Waals surface area contributed by atoms with Crippen molar-refractivity contribution in [2.45, 2.75) is 19.6 Å². The molecule has 6 nitrogen and oxygen atoms in total. The zero-order valence-corrected chi connectivity index (χ0v) is 14.0. The number of aromatic nitrogens is 2. The molecule has 0 saturated carbocycles. The Kier molecular flexibility index (Phi) is 3.33. The van der Waals surface area contributed by atoms with Gasteiger partial charge in [-0.2, -0.15) is 0 Å². The van der Waals surface area contributed by atoms with Gasteiger partial charge in [0.25, 0.3) is 0 Å². The molecule has 3 aliphatic heterocycles. The van der Waals surface area contributed by atoms with Gasteiger partial charge < -0.3 is 19.6 Å². The van der Waals surface area contributed by atoms with Gasteiger partial charge in [-0.1, -0.05) is 12.1 Å². The van der Waals surface area contributed by atoms with Gasteiger partial charge in [0.2, 0.25) is 0 Å². The van der Waals surface area contributed by atoms with Crippen molar-refractivity contribution >= 4 is 5.82 Å². The summed E-state index contributed by atoms with van der Waals surface area (Å²) in [6.07, 6.45) is 8.50. The molecule has 0 aliphatic carbocycles. The molecule has 8 bridgehead atoms. The van der Waals surface area contributed by atoms with Crippen molar-refractivity contribution < 1.29 is 0 Å². The Hall–Kier alpha value is -3.02. The second kappa shape index (κ2) is 5.81. The lowest BCUT2D eigenvalue weighted by atomic mass is 10.3. The molecule has 0 fully saturated rings. The summed E-state index contributed by atoms with van der Waals surface area (Å²) in [6, 6.07) is 12.6. The second-order valence-corrected chi connectivity index (χ2v) is 6.70. The number of rotatable bonds is 0. The smallest absolute Gasteiger partial charge is 0.134 e. The van der Waals surface area contributed by atoms with Gasteiger partial charge in [0.15, 0.2) is 0 Å². The molecule has 0 unspecified atom stereocenters. The van der Waals surface area contributed by atoms with Crippen LogP contribution in [0.1, 0.15) is 17.1 Å². The highest BCUT2D eigenvalue weighted by Crippen LogP contribution is 2.21. The Morgan fingerprint density at radius 3 is 1.88 bits per heavy atom. The maximum Gasteiger partial charge on any atom is 0.134 e. The quantitative estimate of drug-likeness (QED) is 0.737. The van der Waals surface area contributed by atoms with E-state index in [9.17, 15) is 0 Å². The molecule has 0 spiro atoms. The number of hydrogen-bond donors (Lipinski definition) is 0. The van der Waals surface area contributed by atoms with Crippen LogP contribution in [0.5, 0.6) is 0 Å². The number of anilines is 1. The lowest BCUT2D eigenvalue weighted by Gasteiger charge is -2.21. The van der Waals surface area contributed by atoms with E-state index in [0.717, 1.165) is 55.9 Å². The van der Waals surface area contributed by atoms with Crippen LogP contribution in [0.25, 0.3) is 0 Å².